The van der Waals surface area contributed by atoms with Gasteiger partial charge in [-0.25, -0.2) is 0 Å². The van der Waals surface area contributed by atoms with Crippen molar-refractivity contribution >= 4 is 23.2 Å². The largest absolute Gasteiger partial charge is 0.398 e. The molecule has 1 amide bonds. The van der Waals surface area contributed by atoms with Gasteiger partial charge >= 0.3 is 0 Å². The van der Waals surface area contributed by atoms with Gasteiger partial charge in [-0.2, -0.15) is 0 Å². The zero-order valence-corrected chi connectivity index (χ0v) is 10.7. The molecule has 5 heteroatoms. The molecule has 2 fully saturated rings. The molecule has 3 N–H and O–H groups in total. The highest BCUT2D eigenvalue weighted by Gasteiger charge is 2.53. The summed E-state index contributed by atoms with van der Waals surface area (Å²) in [6.45, 7) is 0.780. The normalized spacial score (nSPS) is 21.6. The molecule has 2 aliphatic rings. The lowest BCUT2D eigenvalue weighted by Crippen LogP contribution is -2.64. The second kappa shape index (κ2) is 3.87. The molecule has 1 aromatic rings. The van der Waals surface area contributed by atoms with Crippen molar-refractivity contribution < 1.29 is 9.90 Å². The van der Waals surface area contributed by atoms with Crippen LogP contribution in [0.5, 0.6) is 0 Å². The predicted molar refractivity (Wildman–Crippen MR) is 69.4 cm³/mol. The minimum atomic E-state index is -0.675. The molecular formula is C13H15ClN2O2. The third kappa shape index (κ3) is 1.76. The fourth-order valence-corrected chi connectivity index (χ4v) is 2.82. The number of hydrogen-bond donors (Lipinski definition) is 2. The van der Waals surface area contributed by atoms with E-state index in [-0.39, 0.29) is 5.91 Å². The lowest BCUT2D eigenvalue weighted by atomic mass is 9.88. The van der Waals surface area contributed by atoms with Gasteiger partial charge < -0.3 is 15.7 Å². The molecule has 1 heterocycles. The average molecular weight is 267 g/mol. The topological polar surface area (TPSA) is 66.6 Å². The Morgan fingerprint density at radius 2 is 2.11 bits per heavy atom. The lowest BCUT2D eigenvalue weighted by Gasteiger charge is -2.47. The number of benzene rings is 1. The second-order valence-corrected chi connectivity index (χ2v) is 5.65. The third-order valence-corrected chi connectivity index (χ3v) is 4.13. The van der Waals surface area contributed by atoms with E-state index in [0.717, 1.165) is 12.8 Å². The van der Waals surface area contributed by atoms with Gasteiger partial charge in [0.25, 0.3) is 5.91 Å². The summed E-state index contributed by atoms with van der Waals surface area (Å²) in [4.78, 5) is 13.9. The molecule has 0 radical (unpaired) electrons. The van der Waals surface area contributed by atoms with Crippen molar-refractivity contribution in [1.29, 1.82) is 0 Å². The number of likely N-dealkylation sites (tertiary alicyclic amines) is 1. The average Bonchev–Trinajstić information content (AvgIpc) is 3.08. The monoisotopic (exact) mass is 266 g/mol. The summed E-state index contributed by atoms with van der Waals surface area (Å²) >= 11 is 6.01. The minimum absolute atomic E-state index is 0.191. The number of halogens is 1. The van der Waals surface area contributed by atoms with E-state index < -0.39 is 5.60 Å². The number of β-amino-alcohol motifs (C(OH)–C–C–N with tert-alkyl or cyclic N) is 1. The maximum Gasteiger partial charge on any atom is 0.257 e. The van der Waals surface area contributed by atoms with Gasteiger partial charge in [0.15, 0.2) is 0 Å². The Morgan fingerprint density at radius 1 is 1.44 bits per heavy atom. The Balaban J connectivity index is 1.76. The lowest BCUT2D eigenvalue weighted by molar-refractivity contribution is -0.0957. The number of amides is 1. The summed E-state index contributed by atoms with van der Waals surface area (Å²) < 4.78 is 0. The highest BCUT2D eigenvalue weighted by molar-refractivity contribution is 6.34. The number of carbonyl (C=O) groups excluding carboxylic acids is 1. The summed E-state index contributed by atoms with van der Waals surface area (Å²) in [5, 5.41) is 10.6. The van der Waals surface area contributed by atoms with Crippen LogP contribution in [0.15, 0.2) is 18.2 Å². The van der Waals surface area contributed by atoms with Gasteiger partial charge in [-0.15, -0.1) is 0 Å². The summed E-state index contributed by atoms with van der Waals surface area (Å²) in [5.74, 6) is 0.175. The second-order valence-electron chi connectivity index (χ2n) is 5.24. The molecule has 4 nitrogen and oxygen atoms in total. The van der Waals surface area contributed by atoms with Crippen molar-refractivity contribution in [3.63, 3.8) is 0 Å². The highest BCUT2D eigenvalue weighted by Crippen LogP contribution is 2.45. The highest BCUT2D eigenvalue weighted by atomic mass is 35.5. The van der Waals surface area contributed by atoms with Crippen LogP contribution in [0, 0.1) is 5.92 Å². The predicted octanol–water partition coefficient (Wildman–Crippen LogP) is 1.52. The fourth-order valence-electron chi connectivity index (χ4n) is 2.56. The van der Waals surface area contributed by atoms with Crippen molar-refractivity contribution in [3.8, 4) is 0 Å². The van der Waals surface area contributed by atoms with Gasteiger partial charge in [0.2, 0.25) is 0 Å². The number of carbonyl (C=O) groups is 1. The molecule has 3 rings (SSSR count). The Labute approximate surface area is 110 Å². The van der Waals surface area contributed by atoms with E-state index in [9.17, 15) is 9.90 Å². The standard InChI is InChI=1S/C13H15ClN2O2/c14-9-2-1-3-10(15)11(9)12(17)16-6-13(18,7-16)8-4-5-8/h1-3,8,18H,4-7,15H2. The van der Waals surface area contributed by atoms with Crippen LogP contribution in [-0.2, 0) is 0 Å². The number of rotatable bonds is 2. The van der Waals surface area contributed by atoms with E-state index in [4.69, 9.17) is 17.3 Å². The minimum Gasteiger partial charge on any atom is -0.398 e. The Hall–Kier alpha value is -1.26. The maximum atomic E-state index is 12.2. The summed E-state index contributed by atoms with van der Waals surface area (Å²) in [6.07, 6.45) is 2.12. The zero-order valence-electron chi connectivity index (χ0n) is 9.90. The quantitative estimate of drug-likeness (QED) is 0.798. The Kier molecular flexibility index (Phi) is 2.54. The zero-order chi connectivity index (χ0) is 12.9. The van der Waals surface area contributed by atoms with Crippen LogP contribution in [0.25, 0.3) is 0 Å². The van der Waals surface area contributed by atoms with E-state index in [1.54, 1.807) is 23.1 Å². The summed E-state index contributed by atoms with van der Waals surface area (Å²) in [5.41, 5.74) is 5.84. The number of nitrogens with two attached hydrogens (primary N) is 1. The van der Waals surface area contributed by atoms with E-state index in [0.29, 0.717) is 35.3 Å². The van der Waals surface area contributed by atoms with Crippen molar-refractivity contribution in [1.82, 2.24) is 4.90 Å². The number of nitrogens with zero attached hydrogens (tertiary/aromatic N) is 1. The first kappa shape index (κ1) is 11.8. The van der Waals surface area contributed by atoms with Gasteiger partial charge in [0.1, 0.15) is 5.60 Å². The van der Waals surface area contributed by atoms with Crippen molar-refractivity contribution in [2.75, 3.05) is 18.8 Å². The number of hydrogen-bond acceptors (Lipinski definition) is 3. The Morgan fingerprint density at radius 3 is 2.67 bits per heavy atom. The van der Waals surface area contributed by atoms with Crippen LogP contribution in [0.4, 0.5) is 5.69 Å². The number of nitrogen functional groups attached to an aromatic ring is 1. The van der Waals surface area contributed by atoms with Crippen LogP contribution in [0.2, 0.25) is 5.02 Å². The fraction of sp³-hybridized carbons (Fsp3) is 0.462. The molecule has 0 unspecified atom stereocenters. The number of anilines is 1. The van der Waals surface area contributed by atoms with Crippen LogP contribution in [0.1, 0.15) is 23.2 Å². The van der Waals surface area contributed by atoms with Crippen molar-refractivity contribution in [2.45, 2.75) is 18.4 Å². The maximum absolute atomic E-state index is 12.2. The number of aliphatic hydroxyl groups is 1. The van der Waals surface area contributed by atoms with Crippen LogP contribution < -0.4 is 5.73 Å². The van der Waals surface area contributed by atoms with Gasteiger partial charge in [-0.3, -0.25) is 4.79 Å². The molecule has 0 aromatic heterocycles. The van der Waals surface area contributed by atoms with E-state index in [1.807, 2.05) is 0 Å². The molecule has 1 aliphatic carbocycles. The van der Waals surface area contributed by atoms with E-state index in [2.05, 4.69) is 0 Å². The SMILES string of the molecule is Nc1cccc(Cl)c1C(=O)N1CC(O)(C2CC2)C1. The van der Waals surface area contributed by atoms with E-state index in [1.165, 1.54) is 0 Å². The van der Waals surface area contributed by atoms with E-state index >= 15 is 0 Å². The molecule has 0 spiro atoms. The molecule has 1 aliphatic heterocycles. The van der Waals surface area contributed by atoms with Gasteiger partial charge in [0.05, 0.1) is 23.7 Å². The molecule has 96 valence electrons. The van der Waals surface area contributed by atoms with Gasteiger partial charge in [-0.05, 0) is 30.9 Å². The first-order valence-electron chi connectivity index (χ1n) is 6.07. The smallest absolute Gasteiger partial charge is 0.257 e. The molecule has 1 saturated carbocycles. The molecule has 18 heavy (non-hydrogen) atoms. The van der Waals surface area contributed by atoms with Gasteiger partial charge in [-0.1, -0.05) is 17.7 Å². The molecule has 0 atom stereocenters. The molecule has 1 aromatic carbocycles. The molecule has 0 bridgehead atoms. The third-order valence-electron chi connectivity index (χ3n) is 3.81. The summed E-state index contributed by atoms with van der Waals surface area (Å²) in [6, 6.07) is 5.02. The van der Waals surface area contributed by atoms with Crippen LogP contribution in [0.3, 0.4) is 0 Å². The molecule has 1 saturated heterocycles. The first-order valence-corrected chi connectivity index (χ1v) is 6.45. The van der Waals surface area contributed by atoms with Crippen LogP contribution in [-0.4, -0.2) is 34.6 Å². The first-order chi connectivity index (χ1) is 8.51. The Bertz CT molecular complexity index is 487. The molecular weight excluding hydrogens is 252 g/mol. The van der Waals surface area contributed by atoms with Gasteiger partial charge in [0, 0.05) is 5.69 Å². The van der Waals surface area contributed by atoms with Crippen molar-refractivity contribution in [3.05, 3.63) is 28.8 Å². The van der Waals surface area contributed by atoms with Crippen LogP contribution >= 0.6 is 11.6 Å². The van der Waals surface area contributed by atoms with Crippen molar-refractivity contribution in [2.24, 2.45) is 5.92 Å². The summed E-state index contributed by atoms with van der Waals surface area (Å²) in [7, 11) is 0.